The molecule has 9 rings (SSSR count). The molecule has 396 valence electrons. The van der Waals surface area contributed by atoms with Crippen LogP contribution >= 0.6 is 39.1 Å². The number of rotatable bonds is 14. The molecule has 19 nitrogen and oxygen atoms in total. The molecule has 3 fully saturated rings. The van der Waals surface area contributed by atoms with Crippen molar-refractivity contribution in [3.63, 3.8) is 0 Å². The molecular weight excluding hydrogens is 1110 g/mol. The second-order valence-corrected chi connectivity index (χ2v) is 17.4. The van der Waals surface area contributed by atoms with Gasteiger partial charge in [-0.3, -0.25) is 19.2 Å². The molecule has 4 N–H and O–H groups in total. The molecule has 0 unspecified atom stereocenters. The molecule has 5 heterocycles. The fourth-order valence-corrected chi connectivity index (χ4v) is 8.02. The summed E-state index contributed by atoms with van der Waals surface area (Å²) in [6, 6.07) is 15.0. The van der Waals surface area contributed by atoms with Gasteiger partial charge >= 0.3 is 53.5 Å². The van der Waals surface area contributed by atoms with Crippen molar-refractivity contribution in [1.82, 2.24) is 30.6 Å². The monoisotopic (exact) mass is 1160 g/mol. The maximum absolute atomic E-state index is 14.8. The molecule has 0 spiro atoms. The summed E-state index contributed by atoms with van der Waals surface area (Å²) in [6.45, 7) is 3.42. The third-order valence-electron chi connectivity index (χ3n) is 11.1. The first-order valence-electron chi connectivity index (χ1n) is 22.4. The number of likely N-dealkylation sites (tertiary alicyclic amines) is 1. The van der Waals surface area contributed by atoms with Crippen molar-refractivity contribution in [3.05, 3.63) is 117 Å². The fourth-order valence-electron chi connectivity index (χ4n) is 7.61. The van der Waals surface area contributed by atoms with Crippen LogP contribution in [0.5, 0.6) is 11.5 Å². The van der Waals surface area contributed by atoms with Crippen molar-refractivity contribution in [2.75, 3.05) is 69.6 Å². The van der Waals surface area contributed by atoms with E-state index in [4.69, 9.17) is 51.4 Å². The minimum absolute atomic E-state index is 0. The van der Waals surface area contributed by atoms with Crippen molar-refractivity contribution < 1.29 is 101 Å². The molecule has 3 saturated heterocycles. The number of benzene rings is 4. The standard InChI is InChI=1S/C21H17ClF2N4O5.C19H15ClF2N4O3.C4H7BrO2.C4H8O.Na.H/c1-32-12-6-14(23)17(15(24)7-12)13-8-28(9-16(29)30)20(31)18(13)25-21-27-26-19(33-21)10-2-4-11(22)5-3-10;1-28-11-6-13(21)15(14(22)7-11)12-8-23-17(27)16(12)24-19-26-25-18(29-19)9-2-4-10(20)5-3-9;1-2-7-4(6)3-5;1-2-4-5-3-1;;/h2-7,13,18H,8-9H2,1H3,(H,25,27)(H,29,30);2-7,12,16H,8H2,1H3,(H,23,27)(H,24,26);2-3H2,1H3;1-4H2;;/q;;;;+1;-1/t13-,18-;12-,16-;;;;/m00..../s1. The first-order chi connectivity index (χ1) is 35.5. The summed E-state index contributed by atoms with van der Waals surface area (Å²) < 4.78 is 88.8. The minimum atomic E-state index is -1.26. The molecule has 6 aromatic rings. The van der Waals surface area contributed by atoms with Gasteiger partial charge in [0.25, 0.3) is 0 Å². The van der Waals surface area contributed by atoms with Crippen LogP contribution in [-0.4, -0.2) is 125 Å². The number of alkyl halides is 1. The second-order valence-electron chi connectivity index (χ2n) is 15.9. The summed E-state index contributed by atoms with van der Waals surface area (Å²) in [4.78, 5) is 47.5. The van der Waals surface area contributed by atoms with Gasteiger partial charge in [-0.1, -0.05) is 49.3 Å². The van der Waals surface area contributed by atoms with E-state index in [-0.39, 0.29) is 96.5 Å². The molecule has 2 aromatic heterocycles. The Morgan fingerprint density at radius 2 is 1.23 bits per heavy atom. The first kappa shape index (κ1) is 59.9. The quantitative estimate of drug-likeness (QED) is 0.0462. The van der Waals surface area contributed by atoms with Gasteiger partial charge in [-0.25, -0.2) is 17.6 Å². The van der Waals surface area contributed by atoms with Crippen LogP contribution in [0.2, 0.25) is 10.0 Å². The van der Waals surface area contributed by atoms with E-state index >= 15 is 0 Å². The maximum atomic E-state index is 14.8. The zero-order valence-corrected chi connectivity index (χ0v) is 45.6. The molecule has 2 amide bonds. The second kappa shape index (κ2) is 28.8. The summed E-state index contributed by atoms with van der Waals surface area (Å²) in [5.74, 6) is -7.59. The Balaban J connectivity index is 0.000000265. The SMILES string of the molecule is C1CCOC1.CCOC(=O)CBr.COc1cc(F)c([C@@H]2CN(CC(=O)O)C(=O)[C@H]2Nc2nnc(-c3ccc(Cl)cc3)o2)c(F)c1.COc1cc(F)c([C@@H]2CNC(=O)[C@H]2Nc2nnc(-c3ccc(Cl)cc3)o2)c(F)c1.[H-].[Na+]. The fraction of sp³-hybridized carbons (Fsp3) is 0.333. The number of nitrogens with zero attached hydrogens (tertiary/aromatic N) is 5. The van der Waals surface area contributed by atoms with Crippen molar-refractivity contribution in [1.29, 1.82) is 0 Å². The molecule has 4 aromatic carbocycles. The van der Waals surface area contributed by atoms with Crippen LogP contribution in [-0.2, 0) is 28.7 Å². The van der Waals surface area contributed by atoms with Crippen molar-refractivity contribution >= 4 is 74.9 Å². The van der Waals surface area contributed by atoms with Gasteiger partial charge in [0.2, 0.25) is 23.6 Å². The van der Waals surface area contributed by atoms with Crippen molar-refractivity contribution in [2.45, 2.75) is 43.7 Å². The number of hydrogen-bond donors (Lipinski definition) is 4. The summed E-state index contributed by atoms with van der Waals surface area (Å²) in [6.07, 6.45) is 2.56. The Morgan fingerprint density at radius 3 is 1.61 bits per heavy atom. The van der Waals surface area contributed by atoms with E-state index in [2.05, 4.69) is 57.0 Å². The number of carboxylic acid groups (broad SMARTS) is 1. The van der Waals surface area contributed by atoms with Gasteiger partial charge in [0.1, 0.15) is 58.7 Å². The maximum Gasteiger partial charge on any atom is 1.00 e. The van der Waals surface area contributed by atoms with Gasteiger partial charge < -0.3 is 55.2 Å². The number of ether oxygens (including phenoxy) is 4. The Hall–Kier alpha value is -6.02. The average Bonchev–Trinajstić information content (AvgIpc) is 4.26. The van der Waals surface area contributed by atoms with E-state index < -0.39 is 71.5 Å². The molecule has 75 heavy (non-hydrogen) atoms. The number of carbonyl (C=O) groups excluding carboxylic acids is 3. The number of amides is 2. The molecule has 0 bridgehead atoms. The number of anilines is 2. The zero-order valence-electron chi connectivity index (χ0n) is 41.5. The van der Waals surface area contributed by atoms with E-state index in [1.807, 2.05) is 0 Å². The van der Waals surface area contributed by atoms with E-state index in [9.17, 15) is 36.7 Å². The van der Waals surface area contributed by atoms with Gasteiger partial charge in [0, 0.05) is 94.7 Å². The first-order valence-corrected chi connectivity index (χ1v) is 24.3. The Labute approximate surface area is 468 Å². The van der Waals surface area contributed by atoms with Gasteiger partial charge in [0.15, 0.2) is 0 Å². The minimum Gasteiger partial charge on any atom is -1.00 e. The number of aromatic nitrogens is 4. The van der Waals surface area contributed by atoms with Crippen LogP contribution in [0.4, 0.5) is 29.6 Å². The summed E-state index contributed by atoms with van der Waals surface area (Å²) in [7, 11) is 2.58. The predicted molar refractivity (Wildman–Crippen MR) is 264 cm³/mol. The van der Waals surface area contributed by atoms with Crippen LogP contribution in [0.3, 0.4) is 0 Å². The van der Waals surface area contributed by atoms with Crippen LogP contribution in [0.25, 0.3) is 22.9 Å². The smallest absolute Gasteiger partial charge is 1.00 e. The van der Waals surface area contributed by atoms with Crippen LogP contribution in [0.15, 0.2) is 81.6 Å². The number of carboxylic acids is 1. The Kier molecular flexibility index (Phi) is 22.9. The van der Waals surface area contributed by atoms with Crippen LogP contribution in [0, 0.1) is 23.3 Å². The Bertz CT molecular complexity index is 2840. The number of esters is 1. The number of nitrogens with one attached hydrogen (secondary N) is 3. The average molecular weight is 1160 g/mol. The van der Waals surface area contributed by atoms with Crippen molar-refractivity contribution in [3.8, 4) is 34.4 Å². The van der Waals surface area contributed by atoms with Gasteiger partial charge in [-0.15, -0.1) is 10.2 Å². The van der Waals surface area contributed by atoms with Crippen LogP contribution in [0.1, 0.15) is 44.2 Å². The van der Waals surface area contributed by atoms with Crippen LogP contribution < -0.4 is 55.0 Å². The molecule has 4 atom stereocenters. The molecule has 3 aliphatic rings. The molecule has 27 heteroatoms. The molecule has 3 aliphatic heterocycles. The Morgan fingerprint density at radius 1 is 0.773 bits per heavy atom. The molecule has 0 saturated carbocycles. The van der Waals surface area contributed by atoms with Gasteiger partial charge in [-0.2, -0.15) is 0 Å². The summed E-state index contributed by atoms with van der Waals surface area (Å²) in [5.41, 5.74) is 0.592. The number of carbonyl (C=O) groups is 4. The normalized spacial score (nSPS) is 17.4. The molecular formula is C48H48BrCl2F4N8NaO11. The zero-order chi connectivity index (χ0) is 53.5. The number of aliphatic carboxylic acids is 1. The largest absolute Gasteiger partial charge is 1.00 e. The van der Waals surface area contributed by atoms with Gasteiger partial charge in [-0.05, 0) is 68.3 Å². The van der Waals surface area contributed by atoms with E-state index in [1.165, 1.54) is 27.1 Å². The van der Waals surface area contributed by atoms with E-state index in [0.717, 1.165) is 42.4 Å². The summed E-state index contributed by atoms with van der Waals surface area (Å²) in [5, 5.41) is 34.1. The molecule has 0 radical (unpaired) electrons. The number of hydrogen-bond acceptors (Lipinski definition) is 16. The topological polar surface area (TPSA) is 243 Å². The van der Waals surface area contributed by atoms with Gasteiger partial charge in [0.05, 0.1) is 20.8 Å². The number of methoxy groups -OCH3 is 2. The van der Waals surface area contributed by atoms with Crippen molar-refractivity contribution in [2.24, 2.45) is 0 Å². The predicted octanol–water partition coefficient (Wildman–Crippen LogP) is 5.40. The third kappa shape index (κ3) is 16.2. The van der Waals surface area contributed by atoms with E-state index in [0.29, 0.717) is 33.1 Å². The number of halogens is 7. The third-order valence-corrected chi connectivity index (χ3v) is 12.0. The van der Waals surface area contributed by atoms with E-state index in [1.54, 1.807) is 55.5 Å². The summed E-state index contributed by atoms with van der Waals surface area (Å²) >= 11 is 14.7. The molecule has 0 aliphatic carbocycles.